The van der Waals surface area contributed by atoms with Gasteiger partial charge in [0.1, 0.15) is 11.5 Å². The van der Waals surface area contributed by atoms with Gasteiger partial charge in [-0.2, -0.15) is 5.10 Å². The molecule has 7 heteroatoms. The van der Waals surface area contributed by atoms with Gasteiger partial charge in [0.15, 0.2) is 11.6 Å². The molecular formula is C16H15FN4O2. The number of hydrogen-bond donors (Lipinski definition) is 2. The molecule has 0 bridgehead atoms. The summed E-state index contributed by atoms with van der Waals surface area (Å²) >= 11 is 0. The van der Waals surface area contributed by atoms with Crippen LogP contribution in [0.1, 0.15) is 18.2 Å². The fraction of sp³-hybridized carbons (Fsp3) is 0.188. The van der Waals surface area contributed by atoms with Crippen molar-refractivity contribution in [1.29, 1.82) is 0 Å². The van der Waals surface area contributed by atoms with Gasteiger partial charge in [0.05, 0.1) is 12.7 Å². The van der Waals surface area contributed by atoms with Crippen molar-refractivity contribution in [1.82, 2.24) is 19.7 Å². The van der Waals surface area contributed by atoms with E-state index in [1.165, 1.54) is 6.07 Å². The van der Waals surface area contributed by atoms with Gasteiger partial charge in [-0.05, 0) is 18.6 Å². The van der Waals surface area contributed by atoms with Gasteiger partial charge in [-0.25, -0.2) is 9.37 Å². The molecule has 118 valence electrons. The van der Waals surface area contributed by atoms with Crippen molar-refractivity contribution in [2.75, 3.05) is 0 Å². The smallest absolute Gasteiger partial charge is 0.293 e. The number of rotatable bonds is 4. The Morgan fingerprint density at radius 2 is 2.13 bits per heavy atom. The lowest BCUT2D eigenvalue weighted by molar-refractivity contribution is 0.463. The second-order valence-electron chi connectivity index (χ2n) is 5.07. The maximum Gasteiger partial charge on any atom is 0.293 e. The van der Waals surface area contributed by atoms with E-state index in [1.54, 1.807) is 28.9 Å². The number of aromatic amines is 1. The SMILES string of the molecule is CCc1cc(-c2ncc(O)c(=O)[nH]2)nn1Cc1ccccc1F. The Labute approximate surface area is 131 Å². The largest absolute Gasteiger partial charge is 0.502 e. The van der Waals surface area contributed by atoms with Crippen LogP contribution in [0.15, 0.2) is 41.3 Å². The van der Waals surface area contributed by atoms with Crippen LogP contribution >= 0.6 is 0 Å². The molecule has 1 aromatic carbocycles. The Hall–Kier alpha value is -2.96. The maximum absolute atomic E-state index is 13.8. The van der Waals surface area contributed by atoms with Crippen molar-refractivity contribution < 1.29 is 9.50 Å². The van der Waals surface area contributed by atoms with Crippen molar-refractivity contribution >= 4 is 0 Å². The molecule has 0 amide bonds. The van der Waals surface area contributed by atoms with E-state index in [2.05, 4.69) is 15.1 Å². The lowest BCUT2D eigenvalue weighted by Gasteiger charge is -2.06. The van der Waals surface area contributed by atoms with E-state index in [0.717, 1.165) is 11.9 Å². The average molecular weight is 314 g/mol. The van der Waals surface area contributed by atoms with Gasteiger partial charge < -0.3 is 10.1 Å². The summed E-state index contributed by atoms with van der Waals surface area (Å²) in [7, 11) is 0. The zero-order valence-corrected chi connectivity index (χ0v) is 12.5. The molecule has 3 rings (SSSR count). The van der Waals surface area contributed by atoms with Gasteiger partial charge in [-0.3, -0.25) is 9.48 Å². The van der Waals surface area contributed by atoms with Crippen LogP contribution in [0.4, 0.5) is 4.39 Å². The minimum atomic E-state index is -0.628. The zero-order chi connectivity index (χ0) is 16.4. The second kappa shape index (κ2) is 6.04. The van der Waals surface area contributed by atoms with Crippen molar-refractivity contribution in [3.8, 4) is 17.3 Å². The summed E-state index contributed by atoms with van der Waals surface area (Å²) in [6.45, 7) is 2.25. The van der Waals surface area contributed by atoms with Crippen LogP contribution in [0.5, 0.6) is 5.75 Å². The Balaban J connectivity index is 1.99. The van der Waals surface area contributed by atoms with Gasteiger partial charge in [-0.1, -0.05) is 25.1 Å². The zero-order valence-electron chi connectivity index (χ0n) is 12.5. The second-order valence-corrected chi connectivity index (χ2v) is 5.07. The molecule has 0 spiro atoms. The molecule has 2 N–H and O–H groups in total. The normalized spacial score (nSPS) is 10.9. The molecule has 0 atom stereocenters. The third-order valence-corrected chi connectivity index (χ3v) is 3.53. The summed E-state index contributed by atoms with van der Waals surface area (Å²) in [6, 6.07) is 8.31. The highest BCUT2D eigenvalue weighted by Crippen LogP contribution is 2.17. The standard InChI is InChI=1S/C16H15FN4O2/c1-2-11-7-13(15-18-8-14(22)16(23)19-15)20-21(11)9-10-5-3-4-6-12(10)17/h3-8,22H,2,9H2,1H3,(H,18,19,23). The topological polar surface area (TPSA) is 83.8 Å². The summed E-state index contributed by atoms with van der Waals surface area (Å²) in [6.07, 6.45) is 1.78. The van der Waals surface area contributed by atoms with E-state index in [-0.39, 0.29) is 18.2 Å². The van der Waals surface area contributed by atoms with Gasteiger partial charge in [-0.15, -0.1) is 0 Å². The Morgan fingerprint density at radius 3 is 2.83 bits per heavy atom. The predicted molar refractivity (Wildman–Crippen MR) is 82.6 cm³/mol. The number of aryl methyl sites for hydroxylation is 1. The summed E-state index contributed by atoms with van der Waals surface area (Å²) in [5.74, 6) is -0.479. The molecule has 0 aliphatic heterocycles. The maximum atomic E-state index is 13.8. The molecule has 0 unspecified atom stereocenters. The number of aromatic nitrogens is 4. The summed E-state index contributed by atoms with van der Waals surface area (Å²) in [5, 5.41) is 13.6. The summed E-state index contributed by atoms with van der Waals surface area (Å²) < 4.78 is 15.5. The molecule has 0 aliphatic rings. The van der Waals surface area contributed by atoms with E-state index in [4.69, 9.17) is 0 Å². The van der Waals surface area contributed by atoms with Crippen molar-refractivity contribution in [2.45, 2.75) is 19.9 Å². The number of nitrogens with one attached hydrogen (secondary N) is 1. The first kappa shape index (κ1) is 15.0. The molecule has 2 heterocycles. The molecule has 3 aromatic rings. The Morgan fingerprint density at radius 1 is 1.35 bits per heavy atom. The minimum absolute atomic E-state index is 0.259. The van der Waals surface area contributed by atoms with Crippen LogP contribution < -0.4 is 5.56 Å². The summed E-state index contributed by atoms with van der Waals surface area (Å²) in [5.41, 5.74) is 1.26. The van der Waals surface area contributed by atoms with Gasteiger partial charge in [0.25, 0.3) is 5.56 Å². The van der Waals surface area contributed by atoms with E-state index in [0.29, 0.717) is 17.7 Å². The summed E-state index contributed by atoms with van der Waals surface area (Å²) in [4.78, 5) is 17.9. The third kappa shape index (κ3) is 2.98. The van der Waals surface area contributed by atoms with Crippen LogP contribution in [0, 0.1) is 5.82 Å². The van der Waals surface area contributed by atoms with Crippen LogP contribution in [-0.4, -0.2) is 24.9 Å². The highest BCUT2D eigenvalue weighted by Gasteiger charge is 2.12. The average Bonchev–Trinajstić information content (AvgIpc) is 2.95. The van der Waals surface area contributed by atoms with Crippen LogP contribution in [-0.2, 0) is 13.0 Å². The van der Waals surface area contributed by atoms with Crippen LogP contribution in [0.3, 0.4) is 0 Å². The van der Waals surface area contributed by atoms with Crippen LogP contribution in [0.2, 0.25) is 0 Å². The lowest BCUT2D eigenvalue weighted by Crippen LogP contribution is -2.09. The minimum Gasteiger partial charge on any atom is -0.502 e. The van der Waals surface area contributed by atoms with Gasteiger partial charge >= 0.3 is 0 Å². The number of aromatic hydroxyl groups is 1. The predicted octanol–water partition coefficient (Wildman–Crippen LogP) is 2.09. The van der Waals surface area contributed by atoms with Gasteiger partial charge in [0, 0.05) is 11.3 Å². The number of hydrogen-bond acceptors (Lipinski definition) is 4. The highest BCUT2D eigenvalue weighted by atomic mass is 19.1. The molecule has 0 fully saturated rings. The molecule has 0 saturated carbocycles. The van der Waals surface area contributed by atoms with E-state index >= 15 is 0 Å². The van der Waals surface area contributed by atoms with Crippen molar-refractivity contribution in [2.24, 2.45) is 0 Å². The third-order valence-electron chi connectivity index (χ3n) is 3.53. The fourth-order valence-corrected chi connectivity index (χ4v) is 2.30. The van der Waals surface area contributed by atoms with E-state index in [1.807, 2.05) is 6.92 Å². The number of nitrogens with zero attached hydrogens (tertiary/aromatic N) is 3. The van der Waals surface area contributed by atoms with Crippen molar-refractivity contribution in [3.05, 3.63) is 64.0 Å². The fourth-order valence-electron chi connectivity index (χ4n) is 2.30. The molecular weight excluding hydrogens is 299 g/mol. The molecule has 0 radical (unpaired) electrons. The van der Waals surface area contributed by atoms with Gasteiger partial charge in [0.2, 0.25) is 0 Å². The quantitative estimate of drug-likeness (QED) is 0.772. The first-order valence-corrected chi connectivity index (χ1v) is 7.17. The molecule has 2 aromatic heterocycles. The molecule has 6 nitrogen and oxygen atoms in total. The lowest BCUT2D eigenvalue weighted by atomic mass is 10.2. The number of halogens is 1. The Kier molecular flexibility index (Phi) is 3.92. The van der Waals surface area contributed by atoms with Crippen LogP contribution in [0.25, 0.3) is 11.5 Å². The monoisotopic (exact) mass is 314 g/mol. The molecule has 0 aliphatic carbocycles. The van der Waals surface area contributed by atoms with Crippen molar-refractivity contribution in [3.63, 3.8) is 0 Å². The highest BCUT2D eigenvalue weighted by molar-refractivity contribution is 5.49. The molecule has 0 saturated heterocycles. The van der Waals surface area contributed by atoms with E-state index in [9.17, 15) is 14.3 Å². The number of benzene rings is 1. The molecule has 23 heavy (non-hydrogen) atoms. The first-order valence-electron chi connectivity index (χ1n) is 7.17. The van der Waals surface area contributed by atoms with E-state index < -0.39 is 11.3 Å². The number of H-pyrrole nitrogens is 1. The first-order chi connectivity index (χ1) is 11.1. The Bertz CT molecular complexity index is 901.